The van der Waals surface area contributed by atoms with Crippen LogP contribution >= 0.6 is 0 Å². The Bertz CT molecular complexity index is 1470. The summed E-state index contributed by atoms with van der Waals surface area (Å²) in [5.41, 5.74) is 3.87. The number of ether oxygens (including phenoxy) is 2. The zero-order chi connectivity index (χ0) is 30.5. The smallest absolute Gasteiger partial charge is 0.325 e. The largest absolute Gasteiger partial charge is 0.492 e. The molecule has 0 bridgehead atoms. The van der Waals surface area contributed by atoms with Crippen molar-refractivity contribution in [2.75, 3.05) is 39.4 Å². The second-order valence-corrected chi connectivity index (χ2v) is 11.3. The molecule has 0 aliphatic carbocycles. The molecule has 44 heavy (non-hydrogen) atoms. The Morgan fingerprint density at radius 1 is 0.705 bits per heavy atom. The number of carbonyl (C=O) groups is 2. The third-order valence-electron chi connectivity index (χ3n) is 8.46. The number of aromatic amines is 2. The molecule has 0 atom stereocenters. The second-order valence-electron chi connectivity index (χ2n) is 11.3. The van der Waals surface area contributed by atoms with E-state index in [1.807, 2.05) is 38.1 Å². The number of rotatable bonds is 11. The van der Waals surface area contributed by atoms with E-state index in [0.29, 0.717) is 39.4 Å². The molecule has 2 aliphatic heterocycles. The van der Waals surface area contributed by atoms with Gasteiger partial charge in [-0.3, -0.25) is 19.8 Å². The van der Waals surface area contributed by atoms with Crippen LogP contribution in [0.1, 0.15) is 75.6 Å². The molecule has 2 saturated heterocycles. The van der Waals surface area contributed by atoms with Gasteiger partial charge in [0.15, 0.2) is 0 Å². The Morgan fingerprint density at radius 2 is 1.11 bits per heavy atom. The number of hydrogen-bond acceptors (Lipinski definition) is 10. The quantitative estimate of drug-likeness (QED) is 0.241. The van der Waals surface area contributed by atoms with Gasteiger partial charge < -0.3 is 19.1 Å². The maximum atomic E-state index is 12.5. The normalized spacial score (nSPS) is 17.2. The zero-order valence-electron chi connectivity index (χ0n) is 25.3. The molecule has 0 unspecified atom stereocenters. The highest BCUT2D eigenvalue weighted by atomic mass is 16.7. The molecule has 2 N–H and O–H groups in total. The summed E-state index contributed by atoms with van der Waals surface area (Å²) in [6.45, 7) is 7.53. The highest BCUT2D eigenvalue weighted by molar-refractivity contribution is 5.88. The van der Waals surface area contributed by atoms with Crippen molar-refractivity contribution in [2.24, 2.45) is 0 Å². The average molecular weight is 605 g/mol. The highest BCUT2D eigenvalue weighted by Crippen LogP contribution is 2.36. The minimum atomic E-state index is -0.428. The molecule has 0 spiro atoms. The van der Waals surface area contributed by atoms with Crippen LogP contribution in [0, 0.1) is 0 Å². The minimum absolute atomic E-state index is 0.0269. The van der Waals surface area contributed by atoms with Gasteiger partial charge in [0.25, 0.3) is 0 Å². The van der Waals surface area contributed by atoms with E-state index < -0.39 is 11.9 Å². The van der Waals surface area contributed by atoms with Gasteiger partial charge in [-0.15, -0.1) is 10.1 Å². The van der Waals surface area contributed by atoms with Crippen molar-refractivity contribution in [2.45, 2.75) is 64.2 Å². The van der Waals surface area contributed by atoms with Crippen LogP contribution in [0.15, 0.2) is 36.4 Å². The molecular weight excluding hydrogens is 564 g/mol. The molecule has 234 valence electrons. The van der Waals surface area contributed by atoms with Crippen LogP contribution < -0.4 is 9.47 Å². The van der Waals surface area contributed by atoms with Gasteiger partial charge in [-0.05, 0) is 51.7 Å². The van der Waals surface area contributed by atoms with Crippen molar-refractivity contribution in [3.05, 3.63) is 47.8 Å². The topological polar surface area (TPSA) is 135 Å². The summed E-state index contributed by atoms with van der Waals surface area (Å²) in [6, 6.07) is 12.0. The fourth-order valence-electron chi connectivity index (χ4n) is 6.27. The standard InChI is InChI=1S/C32H40N6O6/c1-3-41-25-9-5-7-23-29(33-35-31(23)25)21-13-17-37(18-14-21)43-27(39)11-12-28(40)44-38-19-15-22(16-20-38)30-24-8-6-10-26(42-4-2)32(24)36-34-30/h5-10,21-22H,3-4,11-20H2,1-2H3,(H,33,35)(H,34,36). The molecule has 2 aromatic carbocycles. The predicted octanol–water partition coefficient (Wildman–Crippen LogP) is 4.99. The van der Waals surface area contributed by atoms with Crippen LogP contribution in [-0.2, 0) is 19.3 Å². The van der Waals surface area contributed by atoms with Crippen LogP contribution in [-0.4, -0.2) is 81.9 Å². The lowest BCUT2D eigenvalue weighted by Crippen LogP contribution is -2.36. The molecule has 6 rings (SSSR count). The summed E-state index contributed by atoms with van der Waals surface area (Å²) in [6.07, 6.45) is 3.19. The molecule has 12 heteroatoms. The van der Waals surface area contributed by atoms with Gasteiger partial charge in [-0.2, -0.15) is 10.2 Å². The predicted molar refractivity (Wildman–Crippen MR) is 163 cm³/mol. The summed E-state index contributed by atoms with van der Waals surface area (Å²) in [7, 11) is 0. The number of aromatic nitrogens is 4. The lowest BCUT2D eigenvalue weighted by atomic mass is 9.92. The van der Waals surface area contributed by atoms with E-state index in [1.54, 1.807) is 10.1 Å². The molecule has 2 aliphatic rings. The van der Waals surface area contributed by atoms with Gasteiger partial charge in [0.2, 0.25) is 0 Å². The van der Waals surface area contributed by atoms with Crippen molar-refractivity contribution in [1.29, 1.82) is 0 Å². The SMILES string of the molecule is CCOc1cccc2c(C3CCN(OC(=O)CCC(=O)ON4CCC(c5n[nH]c6c(OCC)cccc56)CC4)CC3)n[nH]c12. The molecule has 4 aromatic rings. The lowest BCUT2D eigenvalue weighted by Gasteiger charge is -2.30. The third kappa shape index (κ3) is 6.51. The molecule has 0 radical (unpaired) electrons. The van der Waals surface area contributed by atoms with Gasteiger partial charge in [-0.1, -0.05) is 24.3 Å². The van der Waals surface area contributed by atoms with Gasteiger partial charge in [-0.25, -0.2) is 0 Å². The van der Waals surface area contributed by atoms with Gasteiger partial charge in [0, 0.05) is 48.8 Å². The summed E-state index contributed by atoms with van der Waals surface area (Å²) in [5.74, 6) is 1.27. The lowest BCUT2D eigenvalue weighted by molar-refractivity contribution is -0.202. The summed E-state index contributed by atoms with van der Waals surface area (Å²) in [5, 5.41) is 20.9. The molecule has 2 fully saturated rings. The van der Waals surface area contributed by atoms with Crippen molar-refractivity contribution < 1.29 is 28.7 Å². The first-order valence-corrected chi connectivity index (χ1v) is 15.6. The number of para-hydroxylation sites is 2. The van der Waals surface area contributed by atoms with Crippen LogP contribution in [0.25, 0.3) is 21.8 Å². The van der Waals surface area contributed by atoms with E-state index in [1.165, 1.54) is 0 Å². The van der Waals surface area contributed by atoms with Crippen LogP contribution in [0.2, 0.25) is 0 Å². The van der Waals surface area contributed by atoms with Crippen molar-refractivity contribution in [3.8, 4) is 11.5 Å². The number of benzene rings is 2. The second kappa shape index (κ2) is 13.6. The van der Waals surface area contributed by atoms with E-state index in [0.717, 1.165) is 70.4 Å². The Morgan fingerprint density at radius 3 is 1.50 bits per heavy atom. The Labute approximate surface area is 255 Å². The number of hydroxylamine groups is 4. The number of nitrogens with zero attached hydrogens (tertiary/aromatic N) is 4. The zero-order valence-corrected chi connectivity index (χ0v) is 25.3. The third-order valence-corrected chi connectivity index (χ3v) is 8.46. The Kier molecular flexibility index (Phi) is 9.27. The van der Waals surface area contributed by atoms with E-state index in [2.05, 4.69) is 32.5 Å². The van der Waals surface area contributed by atoms with E-state index >= 15 is 0 Å². The molecule has 0 saturated carbocycles. The maximum absolute atomic E-state index is 12.5. The highest BCUT2D eigenvalue weighted by Gasteiger charge is 2.29. The monoisotopic (exact) mass is 604 g/mol. The van der Waals surface area contributed by atoms with Crippen LogP contribution in [0.4, 0.5) is 0 Å². The summed E-state index contributed by atoms with van der Waals surface area (Å²) >= 11 is 0. The Balaban J connectivity index is 0.913. The van der Waals surface area contributed by atoms with E-state index in [4.69, 9.17) is 19.1 Å². The number of carbonyl (C=O) groups excluding carboxylic acids is 2. The molecule has 4 heterocycles. The maximum Gasteiger partial charge on any atom is 0.325 e. The Hall–Kier alpha value is -4.16. The first-order valence-electron chi connectivity index (χ1n) is 15.6. The van der Waals surface area contributed by atoms with Crippen molar-refractivity contribution in [1.82, 2.24) is 30.5 Å². The number of H-pyrrole nitrogens is 2. The number of fused-ring (bicyclic) bond motifs is 2. The number of piperidine rings is 2. The van der Waals surface area contributed by atoms with Gasteiger partial charge in [0.05, 0.1) is 37.4 Å². The average Bonchev–Trinajstić information content (AvgIpc) is 3.67. The van der Waals surface area contributed by atoms with Crippen molar-refractivity contribution in [3.63, 3.8) is 0 Å². The summed E-state index contributed by atoms with van der Waals surface area (Å²) in [4.78, 5) is 36.1. The van der Waals surface area contributed by atoms with Gasteiger partial charge >= 0.3 is 11.9 Å². The van der Waals surface area contributed by atoms with Crippen molar-refractivity contribution >= 4 is 33.7 Å². The molecule has 12 nitrogen and oxygen atoms in total. The first kappa shape index (κ1) is 29.9. The molecular formula is C32H40N6O6. The molecule has 2 aromatic heterocycles. The van der Waals surface area contributed by atoms with E-state index in [-0.39, 0.29) is 24.7 Å². The summed E-state index contributed by atoms with van der Waals surface area (Å²) < 4.78 is 11.4. The number of nitrogens with one attached hydrogen (secondary N) is 2. The molecule has 0 amide bonds. The van der Waals surface area contributed by atoms with Gasteiger partial charge in [0.1, 0.15) is 22.5 Å². The minimum Gasteiger partial charge on any atom is -0.492 e. The van der Waals surface area contributed by atoms with Crippen LogP contribution in [0.3, 0.4) is 0 Å². The fraction of sp³-hybridized carbons (Fsp3) is 0.500. The van der Waals surface area contributed by atoms with E-state index in [9.17, 15) is 9.59 Å². The first-order chi connectivity index (χ1) is 21.5. The number of hydrogen-bond donors (Lipinski definition) is 2. The fourth-order valence-corrected chi connectivity index (χ4v) is 6.27. The van der Waals surface area contributed by atoms with Crippen LogP contribution in [0.5, 0.6) is 11.5 Å².